The summed E-state index contributed by atoms with van der Waals surface area (Å²) < 4.78 is 5.17. The summed E-state index contributed by atoms with van der Waals surface area (Å²) in [7, 11) is 0. The Morgan fingerprint density at radius 3 is 2.50 bits per heavy atom. The van der Waals surface area contributed by atoms with Gasteiger partial charge in [-0.3, -0.25) is 25.0 Å². The molecular weight excluding hydrogens is 268 g/mol. The Bertz CT molecular complexity index is 600. The fourth-order valence-corrected chi connectivity index (χ4v) is 2.26. The number of non-ortho nitro benzene ring substituents is 1. The van der Waals surface area contributed by atoms with Crippen LogP contribution >= 0.6 is 0 Å². The predicted molar refractivity (Wildman–Crippen MR) is 67.2 cm³/mol. The molecule has 0 N–H and O–H groups in total. The molecule has 106 valence electrons. The van der Waals surface area contributed by atoms with Crippen molar-refractivity contribution in [3.63, 3.8) is 0 Å². The number of hydrogen-bond acceptors (Lipinski definition) is 6. The summed E-state index contributed by atoms with van der Waals surface area (Å²) in [6.45, 7) is 1.70. The number of nitro benzene ring substituents is 2. The molecule has 0 amide bonds. The molecule has 0 spiro atoms. The zero-order valence-corrected chi connectivity index (χ0v) is 10.7. The lowest BCUT2D eigenvalue weighted by Crippen LogP contribution is -2.27. The Balaban J connectivity index is 2.34. The summed E-state index contributed by atoms with van der Waals surface area (Å²) in [5, 5.41) is 21.7. The first-order chi connectivity index (χ1) is 9.31. The van der Waals surface area contributed by atoms with Crippen molar-refractivity contribution in [3.05, 3.63) is 44.0 Å². The van der Waals surface area contributed by atoms with E-state index < -0.39 is 15.4 Å². The van der Waals surface area contributed by atoms with Gasteiger partial charge in [0.05, 0.1) is 15.9 Å². The van der Waals surface area contributed by atoms with Crippen LogP contribution in [0, 0.1) is 20.2 Å². The van der Waals surface area contributed by atoms with Gasteiger partial charge in [-0.25, -0.2) is 0 Å². The van der Waals surface area contributed by atoms with Gasteiger partial charge in [-0.05, 0) is 19.4 Å². The molecular formula is C12H12N2O6. The standard InChI is InChI=1S/C12H12N2O6/c1-12(5-4-11(15)20-12)7-8-2-3-9(13(16)17)6-10(8)14(18)19/h2-3,6H,4-5,7H2,1H3/t12-/m0/s1. The fourth-order valence-electron chi connectivity index (χ4n) is 2.26. The van der Waals surface area contributed by atoms with Crippen molar-refractivity contribution < 1.29 is 19.4 Å². The Labute approximate surface area is 113 Å². The quantitative estimate of drug-likeness (QED) is 0.474. The third-order valence-electron chi connectivity index (χ3n) is 3.26. The first-order valence-corrected chi connectivity index (χ1v) is 5.94. The van der Waals surface area contributed by atoms with Crippen molar-refractivity contribution in [1.29, 1.82) is 0 Å². The zero-order valence-electron chi connectivity index (χ0n) is 10.7. The molecule has 1 fully saturated rings. The van der Waals surface area contributed by atoms with Crippen molar-refractivity contribution in [1.82, 2.24) is 0 Å². The molecule has 0 bridgehead atoms. The zero-order chi connectivity index (χ0) is 14.9. The summed E-state index contributed by atoms with van der Waals surface area (Å²) in [5.41, 5.74) is -1.15. The largest absolute Gasteiger partial charge is 0.459 e. The van der Waals surface area contributed by atoms with E-state index in [1.54, 1.807) is 6.92 Å². The van der Waals surface area contributed by atoms with E-state index in [0.717, 1.165) is 6.07 Å². The van der Waals surface area contributed by atoms with E-state index in [-0.39, 0.29) is 30.2 Å². The average molecular weight is 280 g/mol. The van der Waals surface area contributed by atoms with E-state index in [2.05, 4.69) is 0 Å². The Morgan fingerprint density at radius 1 is 1.30 bits per heavy atom. The van der Waals surface area contributed by atoms with Gasteiger partial charge in [0, 0.05) is 24.5 Å². The Kier molecular flexibility index (Phi) is 3.39. The van der Waals surface area contributed by atoms with Gasteiger partial charge in [0.25, 0.3) is 11.4 Å². The van der Waals surface area contributed by atoms with Crippen molar-refractivity contribution in [2.45, 2.75) is 31.8 Å². The molecule has 0 radical (unpaired) electrons. The van der Waals surface area contributed by atoms with E-state index in [1.165, 1.54) is 12.1 Å². The molecule has 1 aromatic carbocycles. The average Bonchev–Trinajstić information content (AvgIpc) is 2.68. The number of esters is 1. The lowest BCUT2D eigenvalue weighted by Gasteiger charge is -2.22. The highest BCUT2D eigenvalue weighted by molar-refractivity contribution is 5.72. The molecule has 0 aliphatic carbocycles. The predicted octanol–water partition coefficient (Wildman–Crippen LogP) is 2.14. The van der Waals surface area contributed by atoms with Gasteiger partial charge in [0.2, 0.25) is 0 Å². The van der Waals surface area contributed by atoms with Crippen LogP contribution in [0.15, 0.2) is 18.2 Å². The molecule has 2 rings (SSSR count). The number of hydrogen-bond donors (Lipinski definition) is 0. The SMILES string of the molecule is C[C@@]1(Cc2ccc([N+](=O)[O-])cc2[N+](=O)[O-])CCC(=O)O1. The molecule has 8 nitrogen and oxygen atoms in total. The number of carbonyl (C=O) groups is 1. The molecule has 1 aliphatic rings. The molecule has 1 heterocycles. The highest BCUT2D eigenvalue weighted by atomic mass is 16.6. The van der Waals surface area contributed by atoms with Gasteiger partial charge in [-0.15, -0.1) is 0 Å². The lowest BCUT2D eigenvalue weighted by atomic mass is 9.92. The third-order valence-corrected chi connectivity index (χ3v) is 3.26. The van der Waals surface area contributed by atoms with Gasteiger partial charge in [-0.1, -0.05) is 0 Å². The van der Waals surface area contributed by atoms with Crippen LogP contribution in [0.4, 0.5) is 11.4 Å². The minimum absolute atomic E-state index is 0.160. The van der Waals surface area contributed by atoms with Crippen molar-refractivity contribution >= 4 is 17.3 Å². The van der Waals surface area contributed by atoms with Gasteiger partial charge >= 0.3 is 5.97 Å². The van der Waals surface area contributed by atoms with E-state index in [9.17, 15) is 25.0 Å². The maximum absolute atomic E-state index is 11.2. The Morgan fingerprint density at radius 2 is 2.00 bits per heavy atom. The summed E-state index contributed by atoms with van der Waals surface area (Å²) in [5.74, 6) is -0.336. The molecule has 1 aliphatic heterocycles. The summed E-state index contributed by atoms with van der Waals surface area (Å²) in [4.78, 5) is 31.5. The maximum Gasteiger partial charge on any atom is 0.306 e. The number of cyclic esters (lactones) is 1. The van der Waals surface area contributed by atoms with Crippen LogP contribution in [-0.4, -0.2) is 21.4 Å². The van der Waals surface area contributed by atoms with E-state index in [4.69, 9.17) is 4.74 Å². The van der Waals surface area contributed by atoms with Gasteiger partial charge in [-0.2, -0.15) is 0 Å². The highest BCUT2D eigenvalue weighted by Gasteiger charge is 2.37. The lowest BCUT2D eigenvalue weighted by molar-refractivity contribution is -0.394. The van der Waals surface area contributed by atoms with Gasteiger partial charge < -0.3 is 4.74 Å². The minimum Gasteiger partial charge on any atom is -0.459 e. The van der Waals surface area contributed by atoms with E-state index >= 15 is 0 Å². The molecule has 0 aromatic heterocycles. The molecule has 1 atom stereocenters. The fraction of sp³-hybridized carbons (Fsp3) is 0.417. The van der Waals surface area contributed by atoms with Crippen LogP contribution in [0.1, 0.15) is 25.3 Å². The molecule has 1 saturated heterocycles. The molecule has 8 heteroatoms. The molecule has 20 heavy (non-hydrogen) atoms. The van der Waals surface area contributed by atoms with Crippen LogP contribution in [0.25, 0.3) is 0 Å². The summed E-state index contributed by atoms with van der Waals surface area (Å²) in [6, 6.07) is 3.48. The number of benzene rings is 1. The monoisotopic (exact) mass is 280 g/mol. The van der Waals surface area contributed by atoms with Crippen molar-refractivity contribution in [2.75, 3.05) is 0 Å². The third kappa shape index (κ3) is 2.73. The molecule has 0 unspecified atom stereocenters. The van der Waals surface area contributed by atoms with Crippen LogP contribution in [0.5, 0.6) is 0 Å². The van der Waals surface area contributed by atoms with Crippen LogP contribution in [0.3, 0.4) is 0 Å². The number of ether oxygens (including phenoxy) is 1. The highest BCUT2D eigenvalue weighted by Crippen LogP contribution is 2.34. The van der Waals surface area contributed by atoms with Crippen LogP contribution in [0.2, 0.25) is 0 Å². The number of nitro groups is 2. The summed E-state index contributed by atoms with van der Waals surface area (Å²) >= 11 is 0. The van der Waals surface area contributed by atoms with Crippen molar-refractivity contribution in [3.8, 4) is 0 Å². The molecule has 1 aromatic rings. The first kappa shape index (κ1) is 13.9. The number of rotatable bonds is 4. The minimum atomic E-state index is -0.794. The van der Waals surface area contributed by atoms with Crippen molar-refractivity contribution in [2.24, 2.45) is 0 Å². The Hall–Kier alpha value is -2.51. The smallest absolute Gasteiger partial charge is 0.306 e. The van der Waals surface area contributed by atoms with E-state index in [1.807, 2.05) is 0 Å². The first-order valence-electron chi connectivity index (χ1n) is 5.94. The number of nitrogens with zero attached hydrogens (tertiary/aromatic N) is 2. The second kappa shape index (κ2) is 4.87. The van der Waals surface area contributed by atoms with Crippen LogP contribution < -0.4 is 0 Å². The van der Waals surface area contributed by atoms with Gasteiger partial charge in [0.1, 0.15) is 5.60 Å². The second-order valence-electron chi connectivity index (χ2n) is 4.93. The number of carbonyl (C=O) groups excluding carboxylic acids is 1. The maximum atomic E-state index is 11.2. The second-order valence-corrected chi connectivity index (χ2v) is 4.93. The molecule has 0 saturated carbocycles. The summed E-state index contributed by atoms with van der Waals surface area (Å²) in [6.07, 6.45) is 0.907. The topological polar surface area (TPSA) is 113 Å². The van der Waals surface area contributed by atoms with E-state index in [0.29, 0.717) is 12.0 Å². The van der Waals surface area contributed by atoms with Gasteiger partial charge in [0.15, 0.2) is 0 Å². The van der Waals surface area contributed by atoms with Crippen LogP contribution in [-0.2, 0) is 16.0 Å². The normalized spacial score (nSPS) is 21.6.